The van der Waals surface area contributed by atoms with E-state index in [-0.39, 0.29) is 23.6 Å². The molecule has 0 radical (unpaired) electrons. The van der Waals surface area contributed by atoms with Crippen LogP contribution < -0.4 is 0 Å². The molecular formula is C17H23N5O3S. The number of piperazine rings is 1. The van der Waals surface area contributed by atoms with Gasteiger partial charge in [0.25, 0.3) is 0 Å². The Kier molecular flexibility index (Phi) is 4.76. The zero-order valence-corrected chi connectivity index (χ0v) is 15.6. The van der Waals surface area contributed by atoms with Crippen molar-refractivity contribution in [2.75, 3.05) is 24.6 Å². The first-order chi connectivity index (χ1) is 12.5. The number of rotatable bonds is 5. The summed E-state index contributed by atoms with van der Waals surface area (Å²) in [7, 11) is -3.04. The molecule has 2 saturated heterocycles. The highest BCUT2D eigenvalue weighted by molar-refractivity contribution is 7.91. The summed E-state index contributed by atoms with van der Waals surface area (Å²) in [4.78, 5) is 13.0. The first-order valence-electron chi connectivity index (χ1n) is 8.93. The molecule has 4 heterocycles. The van der Waals surface area contributed by atoms with Gasteiger partial charge >= 0.3 is 0 Å². The molecule has 0 unspecified atom stereocenters. The summed E-state index contributed by atoms with van der Waals surface area (Å²) in [6.07, 6.45) is 4.29. The topological polar surface area (TPSA) is 92.4 Å². The molecule has 0 saturated carbocycles. The Labute approximate surface area is 153 Å². The fourth-order valence-electron chi connectivity index (χ4n) is 3.90. The van der Waals surface area contributed by atoms with Gasteiger partial charge in [0, 0.05) is 50.5 Å². The monoisotopic (exact) mass is 377 g/mol. The molecule has 0 N–H and O–H groups in total. The Balaban J connectivity index is 1.51. The quantitative estimate of drug-likeness (QED) is 0.744. The number of sulfone groups is 1. The van der Waals surface area contributed by atoms with Gasteiger partial charge in [0.05, 0.1) is 18.1 Å². The van der Waals surface area contributed by atoms with Crippen molar-refractivity contribution >= 4 is 9.84 Å². The van der Waals surface area contributed by atoms with Gasteiger partial charge in [-0.05, 0) is 11.6 Å². The normalized spacial score (nSPS) is 26.0. The van der Waals surface area contributed by atoms with E-state index < -0.39 is 9.84 Å². The number of pyridine rings is 1. The lowest BCUT2D eigenvalue weighted by Crippen LogP contribution is -2.58. The maximum absolute atomic E-state index is 12.3. The van der Waals surface area contributed by atoms with Gasteiger partial charge in [-0.1, -0.05) is 18.1 Å². The van der Waals surface area contributed by atoms with E-state index in [4.69, 9.17) is 4.52 Å². The number of hydrogen-bond donors (Lipinski definition) is 0. The van der Waals surface area contributed by atoms with Gasteiger partial charge in [-0.15, -0.1) is 0 Å². The van der Waals surface area contributed by atoms with E-state index >= 15 is 0 Å². The lowest BCUT2D eigenvalue weighted by Gasteiger charge is -2.43. The maximum atomic E-state index is 12.3. The summed E-state index contributed by atoms with van der Waals surface area (Å²) in [5.74, 6) is 1.65. The van der Waals surface area contributed by atoms with Gasteiger partial charge in [0.15, 0.2) is 15.7 Å². The standard InChI is InChI=1S/C17H23N5O3S/c1-2-17-19-16(20-25-17)10-22-7-6-21(9-13-4-3-5-18-8-13)14-11-26(23,24)12-15(14)22/h3-5,8,14-15H,2,6-7,9-12H2,1H3/t14-,15+/m1/s1. The van der Waals surface area contributed by atoms with Crippen LogP contribution in [-0.2, 0) is 29.3 Å². The van der Waals surface area contributed by atoms with Crippen molar-refractivity contribution in [3.05, 3.63) is 41.8 Å². The van der Waals surface area contributed by atoms with Crippen LogP contribution in [0.15, 0.2) is 29.0 Å². The number of fused-ring (bicyclic) bond motifs is 1. The highest BCUT2D eigenvalue weighted by atomic mass is 32.2. The molecule has 2 fully saturated rings. The lowest BCUT2D eigenvalue weighted by molar-refractivity contribution is 0.0335. The second-order valence-electron chi connectivity index (χ2n) is 6.97. The van der Waals surface area contributed by atoms with Crippen LogP contribution in [0.25, 0.3) is 0 Å². The van der Waals surface area contributed by atoms with E-state index in [1.165, 1.54) is 0 Å². The van der Waals surface area contributed by atoms with Gasteiger partial charge in [0.1, 0.15) is 0 Å². The minimum atomic E-state index is -3.04. The van der Waals surface area contributed by atoms with Crippen LogP contribution in [0.1, 0.15) is 24.2 Å². The van der Waals surface area contributed by atoms with Gasteiger partial charge in [0.2, 0.25) is 5.89 Å². The fraction of sp³-hybridized carbons (Fsp3) is 0.588. The predicted octanol–water partition coefficient (Wildman–Crippen LogP) is 0.510. The summed E-state index contributed by atoms with van der Waals surface area (Å²) in [5.41, 5.74) is 1.11. The van der Waals surface area contributed by atoms with E-state index in [1.807, 2.05) is 25.3 Å². The Morgan fingerprint density at radius 1 is 1.19 bits per heavy atom. The minimum absolute atomic E-state index is 0.00787. The fourth-order valence-corrected chi connectivity index (χ4v) is 5.94. The van der Waals surface area contributed by atoms with Crippen molar-refractivity contribution in [2.24, 2.45) is 0 Å². The minimum Gasteiger partial charge on any atom is -0.339 e. The Morgan fingerprint density at radius 2 is 1.92 bits per heavy atom. The highest BCUT2D eigenvalue weighted by Crippen LogP contribution is 2.29. The van der Waals surface area contributed by atoms with E-state index in [2.05, 4.69) is 24.9 Å². The molecule has 140 valence electrons. The van der Waals surface area contributed by atoms with Crippen LogP contribution in [0.2, 0.25) is 0 Å². The third-order valence-electron chi connectivity index (χ3n) is 5.17. The molecule has 2 aliphatic rings. The molecule has 4 rings (SSSR count). The summed E-state index contributed by atoms with van der Waals surface area (Å²) in [6.45, 7) is 4.81. The average molecular weight is 377 g/mol. The van der Waals surface area contributed by atoms with E-state index in [9.17, 15) is 8.42 Å². The average Bonchev–Trinajstić information content (AvgIpc) is 3.21. The van der Waals surface area contributed by atoms with Crippen LogP contribution in [0.3, 0.4) is 0 Å². The Morgan fingerprint density at radius 3 is 2.54 bits per heavy atom. The number of nitrogens with zero attached hydrogens (tertiary/aromatic N) is 5. The van der Waals surface area contributed by atoms with Crippen LogP contribution in [-0.4, -0.2) is 70.0 Å². The van der Waals surface area contributed by atoms with Crippen molar-refractivity contribution < 1.29 is 12.9 Å². The molecule has 9 heteroatoms. The molecule has 0 spiro atoms. The summed E-state index contributed by atoms with van der Waals surface area (Å²) in [6, 6.07) is 3.90. The second-order valence-corrected chi connectivity index (χ2v) is 9.13. The van der Waals surface area contributed by atoms with Gasteiger partial charge < -0.3 is 4.52 Å². The van der Waals surface area contributed by atoms with Gasteiger partial charge in [-0.25, -0.2) is 8.42 Å². The van der Waals surface area contributed by atoms with Crippen molar-refractivity contribution in [1.29, 1.82) is 0 Å². The number of hydrogen-bond acceptors (Lipinski definition) is 8. The van der Waals surface area contributed by atoms with E-state index in [0.29, 0.717) is 24.7 Å². The molecule has 0 aliphatic carbocycles. The zero-order valence-electron chi connectivity index (χ0n) is 14.8. The van der Waals surface area contributed by atoms with Crippen LogP contribution in [0, 0.1) is 0 Å². The van der Waals surface area contributed by atoms with Crippen molar-refractivity contribution in [3.63, 3.8) is 0 Å². The van der Waals surface area contributed by atoms with Crippen molar-refractivity contribution in [1.82, 2.24) is 24.9 Å². The molecule has 2 aliphatic heterocycles. The molecule has 0 aromatic carbocycles. The van der Waals surface area contributed by atoms with Crippen molar-refractivity contribution in [3.8, 4) is 0 Å². The Bertz CT molecular complexity index is 854. The molecular weight excluding hydrogens is 354 g/mol. The number of aryl methyl sites for hydroxylation is 1. The zero-order chi connectivity index (χ0) is 18.1. The largest absolute Gasteiger partial charge is 0.339 e. The SMILES string of the molecule is CCc1nc(CN2CCN(Cc3cccnc3)[C@@H]3CS(=O)(=O)C[C@@H]32)no1. The van der Waals surface area contributed by atoms with Gasteiger partial charge in [-0.3, -0.25) is 14.8 Å². The maximum Gasteiger partial charge on any atom is 0.226 e. The van der Waals surface area contributed by atoms with Crippen LogP contribution in [0.5, 0.6) is 0 Å². The van der Waals surface area contributed by atoms with E-state index in [1.54, 1.807) is 6.20 Å². The van der Waals surface area contributed by atoms with Crippen LogP contribution >= 0.6 is 0 Å². The molecule has 26 heavy (non-hydrogen) atoms. The molecule has 0 bridgehead atoms. The number of aromatic nitrogens is 3. The second kappa shape index (κ2) is 7.05. The van der Waals surface area contributed by atoms with E-state index in [0.717, 1.165) is 25.2 Å². The molecule has 8 nitrogen and oxygen atoms in total. The third-order valence-corrected chi connectivity index (χ3v) is 6.87. The molecule has 2 aromatic heterocycles. The smallest absolute Gasteiger partial charge is 0.226 e. The summed E-state index contributed by atoms with van der Waals surface area (Å²) in [5, 5.41) is 4.02. The first kappa shape index (κ1) is 17.6. The van der Waals surface area contributed by atoms with Crippen molar-refractivity contribution in [2.45, 2.75) is 38.5 Å². The highest BCUT2D eigenvalue weighted by Gasteiger charge is 2.46. The van der Waals surface area contributed by atoms with Gasteiger partial charge in [-0.2, -0.15) is 4.98 Å². The first-order valence-corrected chi connectivity index (χ1v) is 10.7. The molecule has 0 amide bonds. The predicted molar refractivity (Wildman–Crippen MR) is 95.0 cm³/mol. The van der Waals surface area contributed by atoms with Crippen LogP contribution in [0.4, 0.5) is 0 Å². The molecule has 2 aromatic rings. The Hall–Kier alpha value is -1.84. The third kappa shape index (κ3) is 3.65. The lowest BCUT2D eigenvalue weighted by atomic mass is 10.0. The summed E-state index contributed by atoms with van der Waals surface area (Å²) >= 11 is 0. The molecule has 2 atom stereocenters. The summed E-state index contributed by atoms with van der Waals surface area (Å²) < 4.78 is 29.8.